The topological polar surface area (TPSA) is 368 Å². The van der Waals surface area contributed by atoms with E-state index in [0.717, 1.165) is 9.36 Å². The van der Waals surface area contributed by atoms with Gasteiger partial charge in [-0.3, -0.25) is 29.8 Å². The molecule has 0 aliphatic rings. The Morgan fingerprint density at radius 2 is 0.871 bits per heavy atom. The molecule has 303 valence electrons. The maximum atomic E-state index is 12.5. The Balaban J connectivity index is 0.000000582. The third kappa shape index (κ3) is 13.0. The molecule has 0 N–H and O–H groups in total. The van der Waals surface area contributed by atoms with Crippen LogP contribution in [0.2, 0.25) is 0 Å². The number of nitro groups is 2. The number of rotatable bonds is 10. The number of hydrogen-bond acceptors (Lipinski definition) is 18. The van der Waals surface area contributed by atoms with Crippen LogP contribution in [0.5, 0.6) is 11.5 Å². The normalized spacial score (nSPS) is 11.0. The number of para-hydroxylation sites is 2. The van der Waals surface area contributed by atoms with Crippen LogP contribution in [0, 0.1) is 34.1 Å². The summed E-state index contributed by atoms with van der Waals surface area (Å²) in [7, 11) is -10.2. The van der Waals surface area contributed by atoms with E-state index in [0.29, 0.717) is 35.6 Å². The van der Waals surface area contributed by atoms with Gasteiger partial charge in [-0.2, -0.15) is 10.2 Å². The van der Waals surface area contributed by atoms with Crippen LogP contribution in [0.3, 0.4) is 0 Å². The number of nitro benzene ring substituents is 2. The second-order valence-electron chi connectivity index (χ2n) is 11.4. The van der Waals surface area contributed by atoms with Gasteiger partial charge in [0.05, 0.1) is 31.0 Å². The molecule has 0 aliphatic carbocycles. The number of aryl methyl sites for hydroxylation is 2. The molecule has 30 heteroatoms. The molecule has 1 radical (unpaired) electrons. The van der Waals surface area contributed by atoms with E-state index < -0.39 is 85.2 Å². The van der Waals surface area contributed by atoms with Crippen LogP contribution < -0.4 is 120 Å². The van der Waals surface area contributed by atoms with Gasteiger partial charge in [-0.05, 0) is 36.4 Å². The minimum Gasteiger partial charge on any atom is -0.866 e. The van der Waals surface area contributed by atoms with Crippen molar-refractivity contribution in [2.24, 2.45) is 20.5 Å². The van der Waals surface area contributed by atoms with Gasteiger partial charge in [0.2, 0.25) is 0 Å². The zero-order valence-corrected chi connectivity index (χ0v) is 41.4. The number of aromatic nitrogens is 4. The minimum absolute atomic E-state index is 0. The van der Waals surface area contributed by atoms with E-state index in [-0.39, 0.29) is 129 Å². The number of nitrogens with zero attached hydrogens (tertiary/aromatic N) is 10. The third-order valence-electron chi connectivity index (χ3n) is 7.51. The molecular weight excluding hydrogens is 934 g/mol. The third-order valence-corrected chi connectivity index (χ3v) is 9.14. The van der Waals surface area contributed by atoms with Gasteiger partial charge in [-0.25, -0.2) is 16.8 Å². The Bertz CT molecular complexity index is 2810. The predicted octanol–water partition coefficient (Wildman–Crippen LogP) is -6.18. The second kappa shape index (κ2) is 23.0. The standard InChI is InChI=1S/2C16H13N5O7S.Cr.3Na/c2*1-9-14(16(23)20(19-9)10-5-3-2-4-6-10)18-17-12-7-11(29(26,27)28)8-13(15(12)22)21(24)25;;;;/h2*2-8H,1H3,(H3,17,18,19,22,23,26,27,28);;;;/q;;+3;3*+1/p-6. The van der Waals surface area contributed by atoms with Crippen molar-refractivity contribution in [2.75, 3.05) is 0 Å². The summed E-state index contributed by atoms with van der Waals surface area (Å²) in [5.41, 5.74) is -4.54. The van der Waals surface area contributed by atoms with Crippen LogP contribution in [-0.4, -0.2) is 45.2 Å². The number of azo groups is 2. The van der Waals surface area contributed by atoms with Crippen LogP contribution in [-0.2, 0) is 37.6 Å². The molecule has 0 unspecified atom stereocenters. The Hall–Kier alpha value is -4.15. The molecule has 2 heterocycles. The first-order valence-corrected chi connectivity index (χ1v) is 18.4. The van der Waals surface area contributed by atoms with E-state index in [1.807, 2.05) is 0 Å². The molecule has 6 rings (SSSR count). The largest absolute Gasteiger partial charge is 3.00 e. The molecule has 0 bridgehead atoms. The van der Waals surface area contributed by atoms with Gasteiger partial charge in [0.15, 0.2) is 0 Å². The molecule has 0 spiro atoms. The van der Waals surface area contributed by atoms with Gasteiger partial charge < -0.3 is 38.9 Å². The summed E-state index contributed by atoms with van der Waals surface area (Å²) >= 11 is 0. The van der Waals surface area contributed by atoms with Crippen molar-refractivity contribution in [3.63, 3.8) is 0 Å². The molecule has 0 saturated heterocycles. The molecule has 62 heavy (non-hydrogen) atoms. The van der Waals surface area contributed by atoms with Gasteiger partial charge in [-0.15, -0.1) is 21.6 Å². The van der Waals surface area contributed by atoms with E-state index in [1.54, 1.807) is 60.7 Å². The fraction of sp³-hybridized carbons (Fsp3) is 0.0625. The summed E-state index contributed by atoms with van der Waals surface area (Å²) < 4.78 is 69.3. The van der Waals surface area contributed by atoms with Crippen LogP contribution in [0.15, 0.2) is 125 Å². The van der Waals surface area contributed by atoms with Gasteiger partial charge >= 0.3 is 106 Å². The first kappa shape index (κ1) is 55.9. The molecule has 4 aromatic carbocycles. The van der Waals surface area contributed by atoms with Gasteiger partial charge in [0.1, 0.15) is 31.6 Å². The van der Waals surface area contributed by atoms with Crippen molar-refractivity contribution in [1.82, 2.24) is 19.6 Å². The SMILES string of the molecule is Cc1[n-]n(-c2ccccc2)c(=O)c1N=Nc1cc(S(=O)(=O)[O-])cc([N+](=O)[O-])c1[O-].Cc1[n-]n(-c2ccccc2)c(=O)c1N=Nc1cc(S(=O)(=O)[O-])cc([N+](=O)[O-])c1[O-].[Cr+3].[Na+].[Na+].[Na+]. The average molecular weight is 954 g/mol. The van der Waals surface area contributed by atoms with Gasteiger partial charge in [0.25, 0.3) is 22.5 Å². The molecule has 0 atom stereocenters. The van der Waals surface area contributed by atoms with Crippen LogP contribution >= 0.6 is 0 Å². The fourth-order valence-electron chi connectivity index (χ4n) is 4.78. The average Bonchev–Trinajstić information content (AvgIpc) is 3.61. The number of hydrogen-bond donors (Lipinski definition) is 0. The molecule has 24 nitrogen and oxygen atoms in total. The van der Waals surface area contributed by atoms with Gasteiger partial charge in [-0.1, -0.05) is 50.2 Å². The summed E-state index contributed by atoms with van der Waals surface area (Å²) in [5, 5.41) is 68.4. The maximum Gasteiger partial charge on any atom is 3.00 e. The van der Waals surface area contributed by atoms with Crippen LogP contribution in [0.1, 0.15) is 11.4 Å². The molecule has 0 amide bonds. The summed E-state index contributed by atoms with van der Waals surface area (Å²) in [4.78, 5) is 42.6. The molecular formula is C32H20CrN10Na3O14S2. The smallest absolute Gasteiger partial charge is 0.866 e. The Morgan fingerprint density at radius 3 is 1.15 bits per heavy atom. The molecule has 0 aliphatic heterocycles. The minimum atomic E-state index is -5.10. The van der Waals surface area contributed by atoms with Crippen molar-refractivity contribution in [1.29, 1.82) is 0 Å². The monoisotopic (exact) mass is 953 g/mol. The Labute approximate surface area is 425 Å². The van der Waals surface area contributed by atoms with Crippen molar-refractivity contribution >= 4 is 54.4 Å². The molecule has 0 fully saturated rings. The van der Waals surface area contributed by atoms with E-state index >= 15 is 0 Å². The van der Waals surface area contributed by atoms with Crippen molar-refractivity contribution in [3.8, 4) is 22.9 Å². The Morgan fingerprint density at radius 1 is 0.565 bits per heavy atom. The summed E-state index contributed by atoms with van der Waals surface area (Å²) in [6.07, 6.45) is 0. The summed E-state index contributed by atoms with van der Waals surface area (Å²) in [5.74, 6) is -2.52. The van der Waals surface area contributed by atoms with E-state index in [9.17, 15) is 66.0 Å². The quantitative estimate of drug-likeness (QED) is 0.0405. The first-order chi connectivity index (χ1) is 27.2. The van der Waals surface area contributed by atoms with Crippen LogP contribution in [0.4, 0.5) is 34.1 Å². The van der Waals surface area contributed by atoms with E-state index in [1.165, 1.54) is 13.8 Å². The molecule has 2 aromatic heterocycles. The summed E-state index contributed by atoms with van der Waals surface area (Å²) in [6, 6.07) is 18.5. The van der Waals surface area contributed by atoms with Gasteiger partial charge in [0, 0.05) is 35.0 Å². The molecule has 6 aromatic rings. The van der Waals surface area contributed by atoms with Crippen molar-refractivity contribution in [2.45, 2.75) is 23.6 Å². The van der Waals surface area contributed by atoms with E-state index in [4.69, 9.17) is 0 Å². The first-order valence-electron chi connectivity index (χ1n) is 15.6. The summed E-state index contributed by atoms with van der Waals surface area (Å²) in [6.45, 7) is 2.91. The maximum absolute atomic E-state index is 12.5. The van der Waals surface area contributed by atoms with E-state index in [2.05, 4.69) is 30.7 Å². The zero-order chi connectivity index (χ0) is 42.7. The zero-order valence-electron chi connectivity index (χ0n) is 32.5. The fourth-order valence-corrected chi connectivity index (χ4v) is 5.80. The van der Waals surface area contributed by atoms with Crippen molar-refractivity contribution < 1.29 is 152 Å². The Kier molecular flexibility index (Phi) is 20.7. The second-order valence-corrected chi connectivity index (χ2v) is 14.1. The van der Waals surface area contributed by atoms with Crippen molar-refractivity contribution in [3.05, 3.63) is 137 Å². The predicted molar refractivity (Wildman–Crippen MR) is 190 cm³/mol. The number of benzene rings is 4. The van der Waals surface area contributed by atoms with Crippen LogP contribution in [0.25, 0.3) is 11.4 Å². The molecule has 0 saturated carbocycles.